The van der Waals surface area contributed by atoms with Crippen molar-refractivity contribution < 1.29 is 9.59 Å². The van der Waals surface area contributed by atoms with E-state index in [-0.39, 0.29) is 11.7 Å². The van der Waals surface area contributed by atoms with Crippen LogP contribution in [0.15, 0.2) is 42.6 Å². The maximum atomic E-state index is 12.8. The number of amides is 1. The first-order valence-corrected chi connectivity index (χ1v) is 9.10. The van der Waals surface area contributed by atoms with E-state index in [1.807, 2.05) is 43.8 Å². The van der Waals surface area contributed by atoms with Crippen LogP contribution in [0.1, 0.15) is 44.6 Å². The van der Waals surface area contributed by atoms with Crippen LogP contribution in [0.3, 0.4) is 0 Å². The summed E-state index contributed by atoms with van der Waals surface area (Å²) in [5.41, 5.74) is 5.93. The molecule has 0 saturated carbocycles. The smallest absolute Gasteiger partial charge is 0.253 e. The van der Waals surface area contributed by atoms with Crippen molar-refractivity contribution in [1.29, 1.82) is 0 Å². The number of pyridine rings is 1. The Bertz CT molecular complexity index is 1020. The van der Waals surface area contributed by atoms with Gasteiger partial charge in [-0.05, 0) is 45.0 Å². The molecule has 1 amide bonds. The Morgan fingerprint density at radius 1 is 1.04 bits per heavy atom. The van der Waals surface area contributed by atoms with Crippen molar-refractivity contribution in [1.82, 2.24) is 19.7 Å². The van der Waals surface area contributed by atoms with Gasteiger partial charge in [0.1, 0.15) is 0 Å². The zero-order valence-electron chi connectivity index (χ0n) is 16.9. The highest BCUT2D eigenvalue weighted by atomic mass is 16.2. The van der Waals surface area contributed by atoms with Gasteiger partial charge in [-0.1, -0.05) is 12.1 Å². The zero-order chi connectivity index (χ0) is 20.4. The Hall–Kier alpha value is -3.28. The van der Waals surface area contributed by atoms with Gasteiger partial charge in [-0.3, -0.25) is 19.3 Å². The van der Waals surface area contributed by atoms with Gasteiger partial charge < -0.3 is 4.90 Å². The number of aryl methyl sites for hydroxylation is 2. The Balaban J connectivity index is 1.75. The summed E-state index contributed by atoms with van der Waals surface area (Å²) in [6.07, 6.45) is 1.57. The van der Waals surface area contributed by atoms with Gasteiger partial charge in [0.05, 0.1) is 11.4 Å². The minimum absolute atomic E-state index is 0.0119. The molecule has 0 aliphatic carbocycles. The fourth-order valence-corrected chi connectivity index (χ4v) is 3.13. The summed E-state index contributed by atoms with van der Waals surface area (Å²) >= 11 is 0. The molecule has 2 heterocycles. The highest BCUT2D eigenvalue weighted by Crippen LogP contribution is 2.20. The van der Waals surface area contributed by atoms with E-state index < -0.39 is 0 Å². The normalized spacial score (nSPS) is 10.8. The van der Waals surface area contributed by atoms with E-state index >= 15 is 0 Å². The van der Waals surface area contributed by atoms with Gasteiger partial charge >= 0.3 is 0 Å². The first kappa shape index (κ1) is 19.5. The third kappa shape index (κ3) is 3.86. The van der Waals surface area contributed by atoms with E-state index in [9.17, 15) is 9.59 Å². The number of carbonyl (C=O) groups is 2. The van der Waals surface area contributed by atoms with Gasteiger partial charge in [-0.15, -0.1) is 0 Å². The second-order valence-corrected chi connectivity index (χ2v) is 7.00. The molecule has 2 aromatic heterocycles. The van der Waals surface area contributed by atoms with E-state index in [1.165, 1.54) is 6.92 Å². The summed E-state index contributed by atoms with van der Waals surface area (Å²) < 4.78 is 1.84. The van der Waals surface area contributed by atoms with Gasteiger partial charge in [-0.2, -0.15) is 5.10 Å². The fraction of sp³-hybridized carbons (Fsp3) is 0.273. The summed E-state index contributed by atoms with van der Waals surface area (Å²) in [5, 5.41) is 4.41. The predicted molar refractivity (Wildman–Crippen MR) is 108 cm³/mol. The molecule has 0 atom stereocenters. The zero-order valence-corrected chi connectivity index (χ0v) is 16.9. The van der Waals surface area contributed by atoms with Gasteiger partial charge in [0, 0.05) is 54.8 Å². The molecule has 0 fully saturated rings. The highest BCUT2D eigenvalue weighted by molar-refractivity contribution is 5.95. The molecule has 6 heteroatoms. The first-order valence-electron chi connectivity index (χ1n) is 9.10. The summed E-state index contributed by atoms with van der Waals surface area (Å²) in [6, 6.07) is 10.9. The van der Waals surface area contributed by atoms with Crippen molar-refractivity contribution in [3.05, 3.63) is 70.7 Å². The number of aromatic nitrogens is 3. The number of carbonyl (C=O) groups excluding carboxylic acids is 2. The summed E-state index contributed by atoms with van der Waals surface area (Å²) in [5.74, 6) is -0.0591. The molecule has 6 nitrogen and oxygen atoms in total. The van der Waals surface area contributed by atoms with Crippen LogP contribution in [-0.2, 0) is 13.6 Å². The van der Waals surface area contributed by atoms with Crippen molar-refractivity contribution in [2.75, 3.05) is 7.05 Å². The van der Waals surface area contributed by atoms with Gasteiger partial charge in [0.2, 0.25) is 0 Å². The number of rotatable bonds is 5. The van der Waals surface area contributed by atoms with Crippen LogP contribution in [0.5, 0.6) is 0 Å². The molecule has 0 aliphatic heterocycles. The highest BCUT2D eigenvalue weighted by Gasteiger charge is 2.17. The van der Waals surface area contributed by atoms with Crippen LogP contribution in [0, 0.1) is 13.8 Å². The topological polar surface area (TPSA) is 68.1 Å². The predicted octanol–water partition coefficient (Wildman–Crippen LogP) is 3.57. The van der Waals surface area contributed by atoms with Crippen molar-refractivity contribution in [2.24, 2.45) is 7.05 Å². The van der Waals surface area contributed by atoms with Crippen molar-refractivity contribution in [2.45, 2.75) is 27.3 Å². The molecular formula is C22H24N4O2. The lowest BCUT2D eigenvalue weighted by Crippen LogP contribution is -2.26. The number of Topliss-reactive ketones (excluding diaryl/α,β-unsaturated/α-hetero) is 1. The summed E-state index contributed by atoms with van der Waals surface area (Å²) in [6.45, 7) is 5.99. The van der Waals surface area contributed by atoms with E-state index in [1.54, 1.807) is 36.3 Å². The molecule has 0 spiro atoms. The molecule has 3 aromatic rings. The molecule has 1 aromatic carbocycles. The number of nitrogens with zero attached hydrogens (tertiary/aromatic N) is 4. The third-order valence-electron chi connectivity index (χ3n) is 5.00. The molecule has 144 valence electrons. The van der Waals surface area contributed by atoms with Gasteiger partial charge in [0.25, 0.3) is 5.91 Å². The summed E-state index contributed by atoms with van der Waals surface area (Å²) in [7, 11) is 3.70. The number of benzene rings is 1. The monoisotopic (exact) mass is 376 g/mol. The van der Waals surface area contributed by atoms with Crippen LogP contribution in [0.2, 0.25) is 0 Å². The van der Waals surface area contributed by atoms with Crippen LogP contribution < -0.4 is 0 Å². The van der Waals surface area contributed by atoms with E-state index in [0.29, 0.717) is 17.7 Å². The fourth-order valence-electron chi connectivity index (χ4n) is 3.13. The Morgan fingerprint density at radius 2 is 1.68 bits per heavy atom. The lowest BCUT2D eigenvalue weighted by molar-refractivity contribution is 0.0784. The molecule has 0 N–H and O–H groups in total. The first-order chi connectivity index (χ1) is 13.3. The van der Waals surface area contributed by atoms with E-state index in [0.717, 1.165) is 28.2 Å². The van der Waals surface area contributed by atoms with Crippen LogP contribution in [0.25, 0.3) is 11.3 Å². The second-order valence-electron chi connectivity index (χ2n) is 7.00. The molecule has 0 unspecified atom stereocenters. The molecule has 3 rings (SSSR count). The number of hydrogen-bond acceptors (Lipinski definition) is 4. The molecular weight excluding hydrogens is 352 g/mol. The van der Waals surface area contributed by atoms with Crippen molar-refractivity contribution in [3.63, 3.8) is 0 Å². The quantitative estimate of drug-likeness (QED) is 0.639. The van der Waals surface area contributed by atoms with Gasteiger partial charge in [-0.25, -0.2) is 0 Å². The Kier molecular flexibility index (Phi) is 5.40. The average molecular weight is 376 g/mol. The molecule has 0 saturated heterocycles. The maximum absolute atomic E-state index is 12.8. The minimum atomic E-state index is -0.0471. The number of hydrogen-bond donors (Lipinski definition) is 0. The van der Waals surface area contributed by atoms with Crippen molar-refractivity contribution in [3.8, 4) is 11.3 Å². The molecule has 0 bridgehead atoms. The van der Waals surface area contributed by atoms with E-state index in [4.69, 9.17) is 0 Å². The largest absolute Gasteiger partial charge is 0.337 e. The lowest BCUT2D eigenvalue weighted by atomic mass is 10.1. The molecule has 0 radical (unpaired) electrons. The number of ketones is 1. The Morgan fingerprint density at radius 3 is 2.18 bits per heavy atom. The molecule has 28 heavy (non-hydrogen) atoms. The SMILES string of the molecule is CC(=O)c1ccc(-c2ccc(C(=O)N(C)Cc3c(C)nn(C)c3C)cc2)nc1. The van der Waals surface area contributed by atoms with Crippen molar-refractivity contribution >= 4 is 11.7 Å². The average Bonchev–Trinajstić information content (AvgIpc) is 2.93. The van der Waals surface area contributed by atoms with Crippen LogP contribution in [0.4, 0.5) is 0 Å². The lowest BCUT2D eigenvalue weighted by Gasteiger charge is -2.18. The second kappa shape index (κ2) is 7.76. The van der Waals surface area contributed by atoms with Crippen LogP contribution in [-0.4, -0.2) is 38.4 Å². The van der Waals surface area contributed by atoms with Gasteiger partial charge in [0.15, 0.2) is 5.78 Å². The maximum Gasteiger partial charge on any atom is 0.253 e. The van der Waals surface area contributed by atoms with E-state index in [2.05, 4.69) is 10.1 Å². The Labute approximate surface area is 164 Å². The standard InChI is InChI=1S/C22H24N4O2/c1-14-20(15(2)26(5)24-14)13-25(4)22(28)18-8-6-17(7-9-18)21-11-10-19(12-23-21)16(3)27/h6-12H,13H2,1-5H3. The summed E-state index contributed by atoms with van der Waals surface area (Å²) in [4.78, 5) is 30.2. The molecule has 0 aliphatic rings. The third-order valence-corrected chi connectivity index (χ3v) is 5.00. The van der Waals surface area contributed by atoms with Crippen LogP contribution >= 0.6 is 0 Å². The minimum Gasteiger partial charge on any atom is -0.337 e.